The summed E-state index contributed by atoms with van der Waals surface area (Å²) in [5.74, 6) is 0.328. The molecule has 172 valence electrons. The largest absolute Gasteiger partial charge is 0.481 e. The second-order valence-electron chi connectivity index (χ2n) is 9.35. The van der Waals surface area contributed by atoms with Crippen LogP contribution in [0.3, 0.4) is 0 Å². The van der Waals surface area contributed by atoms with Crippen molar-refractivity contribution in [2.24, 2.45) is 5.41 Å². The fourth-order valence-electron chi connectivity index (χ4n) is 4.16. The van der Waals surface area contributed by atoms with Gasteiger partial charge in [-0.05, 0) is 48.9 Å². The maximum absolute atomic E-state index is 11.9. The van der Waals surface area contributed by atoms with Crippen LogP contribution in [0.5, 0.6) is 5.88 Å². The predicted molar refractivity (Wildman–Crippen MR) is 129 cm³/mol. The molecule has 6 heteroatoms. The molecule has 1 unspecified atom stereocenters. The Labute approximate surface area is 196 Å². The van der Waals surface area contributed by atoms with Crippen molar-refractivity contribution in [3.05, 3.63) is 71.4 Å². The molecule has 2 aromatic heterocycles. The molecule has 2 heterocycles. The molecule has 0 saturated heterocycles. The first-order chi connectivity index (χ1) is 15.7. The molecule has 1 atom stereocenters. The molecule has 0 spiro atoms. The minimum absolute atomic E-state index is 0.328. The number of aliphatic hydroxyl groups is 1. The molecule has 3 rings (SSSR count). The Kier molecular flexibility index (Phi) is 7.45. The highest BCUT2D eigenvalue weighted by atomic mass is 16.5. The molecule has 3 aromatic rings. The van der Waals surface area contributed by atoms with Crippen molar-refractivity contribution in [2.75, 3.05) is 7.11 Å². The van der Waals surface area contributed by atoms with Gasteiger partial charge in [0, 0.05) is 29.8 Å². The van der Waals surface area contributed by atoms with Crippen LogP contribution in [0.1, 0.15) is 62.4 Å². The maximum atomic E-state index is 11.9. The smallest absolute Gasteiger partial charge is 0.222 e. The van der Waals surface area contributed by atoms with Crippen LogP contribution < -0.4 is 4.74 Å². The van der Waals surface area contributed by atoms with Crippen molar-refractivity contribution in [3.63, 3.8) is 0 Å². The molecule has 0 aliphatic carbocycles. The Morgan fingerprint density at radius 2 is 1.85 bits per heavy atom. The monoisotopic (exact) mass is 444 g/mol. The Bertz CT molecular complexity index is 1130. The van der Waals surface area contributed by atoms with Gasteiger partial charge in [-0.15, -0.1) is 0 Å². The van der Waals surface area contributed by atoms with Crippen LogP contribution in [-0.2, 0) is 12.0 Å². The van der Waals surface area contributed by atoms with Crippen molar-refractivity contribution in [2.45, 2.75) is 59.0 Å². The van der Waals surface area contributed by atoms with Crippen LogP contribution in [-0.4, -0.2) is 27.2 Å². The van der Waals surface area contributed by atoms with Crippen molar-refractivity contribution >= 4 is 0 Å². The zero-order valence-corrected chi connectivity index (χ0v) is 20.1. The molecule has 0 aliphatic rings. The highest BCUT2D eigenvalue weighted by Crippen LogP contribution is 2.46. The summed E-state index contributed by atoms with van der Waals surface area (Å²) in [6, 6.07) is 12.5. The summed E-state index contributed by atoms with van der Waals surface area (Å²) in [6.07, 6.45) is 8.31. The van der Waals surface area contributed by atoms with Gasteiger partial charge in [-0.2, -0.15) is 5.26 Å². The lowest BCUT2D eigenvalue weighted by Gasteiger charge is -2.40. The van der Waals surface area contributed by atoms with Gasteiger partial charge in [0.05, 0.1) is 24.4 Å². The van der Waals surface area contributed by atoms with Crippen molar-refractivity contribution in [1.29, 1.82) is 5.26 Å². The summed E-state index contributed by atoms with van der Waals surface area (Å²) in [5, 5.41) is 20.6. The van der Waals surface area contributed by atoms with Crippen LogP contribution in [0, 0.1) is 23.7 Å². The zero-order chi connectivity index (χ0) is 24.1. The molecule has 1 aromatic carbocycles. The normalized spacial score (nSPS) is 13.2. The standard InChI is InChI=1S/C27H32N4O2/c1-19-15-20(9-7-6-8-14-28)10-12-22(19)21-11-13-24(30-16-21)27(32,26(2,3)4)23-17-29-18-31-25(23)33-5/h10-13,15-18,32H,6-9H2,1-5H3. The predicted octanol–water partition coefficient (Wildman–Crippen LogP) is 5.37. The average molecular weight is 445 g/mol. The first-order valence-corrected chi connectivity index (χ1v) is 11.2. The maximum Gasteiger partial charge on any atom is 0.222 e. The number of rotatable bonds is 8. The van der Waals surface area contributed by atoms with Gasteiger partial charge in [-0.25, -0.2) is 9.97 Å². The van der Waals surface area contributed by atoms with E-state index >= 15 is 0 Å². The fraction of sp³-hybridized carbons (Fsp3) is 0.407. The minimum atomic E-state index is -1.44. The molecule has 33 heavy (non-hydrogen) atoms. The minimum Gasteiger partial charge on any atom is -0.481 e. The van der Waals surface area contributed by atoms with E-state index in [1.54, 1.807) is 12.4 Å². The summed E-state index contributed by atoms with van der Waals surface area (Å²) in [6.45, 7) is 7.96. The first kappa shape index (κ1) is 24.3. The molecule has 0 amide bonds. The van der Waals surface area contributed by atoms with Crippen LogP contribution in [0.15, 0.2) is 49.1 Å². The van der Waals surface area contributed by atoms with E-state index in [0.717, 1.165) is 30.4 Å². The van der Waals surface area contributed by atoms with Crippen LogP contribution in [0.25, 0.3) is 11.1 Å². The molecular weight excluding hydrogens is 412 g/mol. The molecule has 0 fully saturated rings. The van der Waals surface area contributed by atoms with Crippen LogP contribution in [0.2, 0.25) is 0 Å². The number of nitrogens with zero attached hydrogens (tertiary/aromatic N) is 4. The highest BCUT2D eigenvalue weighted by Gasteiger charge is 2.47. The Balaban J connectivity index is 1.93. The number of unbranched alkanes of at least 4 members (excludes halogenated alkanes) is 2. The van der Waals surface area contributed by atoms with E-state index in [0.29, 0.717) is 23.6 Å². The number of aromatic nitrogens is 3. The fourth-order valence-corrected chi connectivity index (χ4v) is 4.16. The third-order valence-corrected chi connectivity index (χ3v) is 6.08. The van der Waals surface area contributed by atoms with E-state index in [1.807, 2.05) is 32.9 Å². The van der Waals surface area contributed by atoms with Gasteiger partial charge in [-0.3, -0.25) is 4.98 Å². The van der Waals surface area contributed by atoms with Crippen LogP contribution in [0.4, 0.5) is 0 Å². The van der Waals surface area contributed by atoms with E-state index in [2.05, 4.69) is 46.1 Å². The highest BCUT2D eigenvalue weighted by molar-refractivity contribution is 5.67. The van der Waals surface area contributed by atoms with Crippen molar-refractivity contribution < 1.29 is 9.84 Å². The number of methoxy groups -OCH3 is 1. The van der Waals surface area contributed by atoms with Gasteiger partial charge in [0.1, 0.15) is 11.9 Å². The van der Waals surface area contributed by atoms with E-state index in [1.165, 1.54) is 24.6 Å². The van der Waals surface area contributed by atoms with Gasteiger partial charge in [-0.1, -0.05) is 45.0 Å². The summed E-state index contributed by atoms with van der Waals surface area (Å²) in [7, 11) is 1.53. The lowest BCUT2D eigenvalue weighted by Crippen LogP contribution is -2.42. The number of benzene rings is 1. The topological polar surface area (TPSA) is 91.9 Å². The lowest BCUT2D eigenvalue weighted by atomic mass is 9.70. The van der Waals surface area contributed by atoms with E-state index in [9.17, 15) is 5.11 Å². The van der Waals surface area contributed by atoms with E-state index in [4.69, 9.17) is 10.00 Å². The molecular formula is C27H32N4O2. The third kappa shape index (κ3) is 5.04. The number of hydrogen-bond acceptors (Lipinski definition) is 6. The van der Waals surface area contributed by atoms with Gasteiger partial charge in [0.25, 0.3) is 0 Å². The molecule has 0 radical (unpaired) electrons. The van der Waals surface area contributed by atoms with Crippen molar-refractivity contribution in [3.8, 4) is 23.1 Å². The molecule has 1 N–H and O–H groups in total. The number of pyridine rings is 1. The van der Waals surface area contributed by atoms with E-state index < -0.39 is 11.0 Å². The van der Waals surface area contributed by atoms with Gasteiger partial charge in [0.15, 0.2) is 0 Å². The van der Waals surface area contributed by atoms with Gasteiger partial charge < -0.3 is 9.84 Å². The van der Waals surface area contributed by atoms with E-state index in [-0.39, 0.29) is 0 Å². The quantitative estimate of drug-likeness (QED) is 0.469. The zero-order valence-electron chi connectivity index (χ0n) is 20.1. The molecule has 6 nitrogen and oxygen atoms in total. The van der Waals surface area contributed by atoms with Crippen LogP contribution >= 0.6 is 0 Å². The summed E-state index contributed by atoms with van der Waals surface area (Å²) < 4.78 is 5.41. The Hall–Kier alpha value is -3.30. The number of nitriles is 1. The first-order valence-electron chi connectivity index (χ1n) is 11.2. The third-order valence-electron chi connectivity index (χ3n) is 6.08. The Morgan fingerprint density at radius 3 is 2.45 bits per heavy atom. The second kappa shape index (κ2) is 10.1. The number of ether oxygens (including phenoxy) is 1. The second-order valence-corrected chi connectivity index (χ2v) is 9.35. The summed E-state index contributed by atoms with van der Waals surface area (Å²) in [4.78, 5) is 13.0. The molecule has 0 bridgehead atoms. The SMILES string of the molecule is COc1ncncc1C(O)(c1ccc(-c2ccc(CCCCC#N)cc2C)cn1)C(C)(C)C. The van der Waals surface area contributed by atoms with Gasteiger partial charge in [0.2, 0.25) is 5.88 Å². The van der Waals surface area contributed by atoms with Gasteiger partial charge >= 0.3 is 0 Å². The summed E-state index contributed by atoms with van der Waals surface area (Å²) >= 11 is 0. The average Bonchev–Trinajstić information content (AvgIpc) is 2.81. The molecule has 0 aliphatic heterocycles. The summed E-state index contributed by atoms with van der Waals surface area (Å²) in [5.41, 5.74) is 3.50. The number of aryl methyl sites for hydroxylation is 2. The Morgan fingerprint density at radius 1 is 1.06 bits per heavy atom. The van der Waals surface area contributed by atoms with Crippen molar-refractivity contribution in [1.82, 2.24) is 15.0 Å². The molecule has 0 saturated carbocycles. The number of hydrogen-bond donors (Lipinski definition) is 1. The lowest BCUT2D eigenvalue weighted by molar-refractivity contribution is -0.0319.